The van der Waals surface area contributed by atoms with Crippen LogP contribution in [0.3, 0.4) is 0 Å². The van der Waals surface area contributed by atoms with Crippen molar-refractivity contribution in [2.24, 2.45) is 0 Å². The van der Waals surface area contributed by atoms with E-state index in [2.05, 4.69) is 15.6 Å². The lowest BCUT2D eigenvalue weighted by molar-refractivity contribution is -0.120. The number of carbonyl (C=O) groups is 2. The van der Waals surface area contributed by atoms with Crippen LogP contribution in [0.25, 0.3) is 10.6 Å². The molecule has 0 spiro atoms. The Hall–Kier alpha value is -2.22. The zero-order chi connectivity index (χ0) is 18.5. The molecule has 0 bridgehead atoms. The van der Waals surface area contributed by atoms with Crippen LogP contribution in [0, 0.1) is 6.92 Å². The first-order valence-corrected chi connectivity index (χ1v) is 9.90. The highest BCUT2D eigenvalue weighted by molar-refractivity contribution is 7.16. The lowest BCUT2D eigenvalue weighted by Crippen LogP contribution is -2.36. The number of nitrogens with one attached hydrogen (secondary N) is 2. The van der Waals surface area contributed by atoms with Crippen LogP contribution in [0.4, 0.5) is 0 Å². The molecule has 26 heavy (non-hydrogen) atoms. The molecule has 3 rings (SSSR count). The molecular formula is C18H16ClN3O2S2. The quantitative estimate of drug-likeness (QED) is 0.653. The Kier molecular flexibility index (Phi) is 6.03. The van der Waals surface area contributed by atoms with E-state index >= 15 is 0 Å². The van der Waals surface area contributed by atoms with Crippen LogP contribution in [-0.4, -0.2) is 23.3 Å². The topological polar surface area (TPSA) is 71.1 Å². The molecule has 0 unspecified atom stereocenters. The fraction of sp³-hybridized carbons (Fsp3) is 0.167. The van der Waals surface area contributed by atoms with Gasteiger partial charge in [-0.15, -0.1) is 22.7 Å². The molecule has 1 aromatic carbocycles. The molecule has 3 aromatic rings. The van der Waals surface area contributed by atoms with Crippen LogP contribution in [0.1, 0.15) is 20.2 Å². The molecule has 0 aliphatic heterocycles. The van der Waals surface area contributed by atoms with Gasteiger partial charge in [-0.2, -0.15) is 0 Å². The minimum atomic E-state index is -0.311. The fourth-order valence-corrected chi connectivity index (χ4v) is 3.92. The molecule has 0 saturated carbocycles. The first-order chi connectivity index (χ1) is 12.5. The van der Waals surface area contributed by atoms with Gasteiger partial charge >= 0.3 is 0 Å². The van der Waals surface area contributed by atoms with E-state index in [0.717, 1.165) is 20.5 Å². The van der Waals surface area contributed by atoms with Gasteiger partial charge in [0.05, 0.1) is 28.7 Å². The van der Waals surface area contributed by atoms with E-state index in [-0.39, 0.29) is 18.4 Å². The van der Waals surface area contributed by atoms with Crippen LogP contribution in [0.5, 0.6) is 0 Å². The molecule has 2 N–H and O–H groups in total. The van der Waals surface area contributed by atoms with Gasteiger partial charge in [0, 0.05) is 20.8 Å². The summed E-state index contributed by atoms with van der Waals surface area (Å²) in [5, 5.41) is 9.00. The summed E-state index contributed by atoms with van der Waals surface area (Å²) < 4.78 is 0. The van der Waals surface area contributed by atoms with Crippen molar-refractivity contribution >= 4 is 46.1 Å². The number of aryl methyl sites for hydroxylation is 1. The van der Waals surface area contributed by atoms with Crippen molar-refractivity contribution in [3.8, 4) is 10.6 Å². The minimum absolute atomic E-state index is 0.0784. The number of aromatic nitrogens is 1. The lowest BCUT2D eigenvalue weighted by atomic mass is 10.2. The molecule has 8 heteroatoms. The van der Waals surface area contributed by atoms with E-state index < -0.39 is 0 Å². The van der Waals surface area contributed by atoms with Gasteiger partial charge in [0.25, 0.3) is 5.91 Å². The Morgan fingerprint density at radius 3 is 2.58 bits per heavy atom. The molecule has 5 nitrogen and oxygen atoms in total. The number of thiophene rings is 1. The van der Waals surface area contributed by atoms with Crippen molar-refractivity contribution in [2.75, 3.05) is 6.54 Å². The van der Waals surface area contributed by atoms with Crippen LogP contribution in [-0.2, 0) is 11.3 Å². The van der Waals surface area contributed by atoms with Crippen molar-refractivity contribution < 1.29 is 9.59 Å². The maximum atomic E-state index is 12.0. The molecule has 0 atom stereocenters. The highest BCUT2D eigenvalue weighted by Crippen LogP contribution is 2.28. The van der Waals surface area contributed by atoms with Crippen molar-refractivity contribution in [3.05, 3.63) is 62.2 Å². The number of halogens is 1. The van der Waals surface area contributed by atoms with Gasteiger partial charge in [-0.1, -0.05) is 11.6 Å². The first kappa shape index (κ1) is 18.6. The van der Waals surface area contributed by atoms with E-state index in [1.54, 1.807) is 46.9 Å². The van der Waals surface area contributed by atoms with Crippen molar-refractivity contribution in [3.63, 3.8) is 0 Å². The van der Waals surface area contributed by atoms with E-state index in [1.807, 2.05) is 24.4 Å². The molecule has 0 saturated heterocycles. The van der Waals surface area contributed by atoms with Crippen LogP contribution in [0.15, 0.2) is 41.8 Å². The Morgan fingerprint density at radius 1 is 1.12 bits per heavy atom. The summed E-state index contributed by atoms with van der Waals surface area (Å²) >= 11 is 8.99. The Balaban J connectivity index is 1.46. The highest BCUT2D eigenvalue weighted by atomic mass is 35.5. The number of nitrogens with zero attached hydrogens (tertiary/aromatic N) is 1. The summed E-state index contributed by atoms with van der Waals surface area (Å²) in [6, 6.07) is 10.5. The van der Waals surface area contributed by atoms with Gasteiger partial charge < -0.3 is 10.6 Å². The van der Waals surface area contributed by atoms with E-state index in [9.17, 15) is 9.59 Å². The molecule has 2 heterocycles. The van der Waals surface area contributed by atoms with Crippen LogP contribution >= 0.6 is 34.3 Å². The molecule has 2 amide bonds. The van der Waals surface area contributed by atoms with Gasteiger partial charge in [0.1, 0.15) is 0 Å². The molecule has 0 aliphatic rings. The maximum Gasteiger partial charge on any atom is 0.251 e. The predicted octanol–water partition coefficient (Wildman–Crippen LogP) is 3.88. The highest BCUT2D eigenvalue weighted by Gasteiger charge is 2.09. The van der Waals surface area contributed by atoms with E-state index in [0.29, 0.717) is 17.1 Å². The smallest absolute Gasteiger partial charge is 0.251 e. The second-order valence-electron chi connectivity index (χ2n) is 5.48. The van der Waals surface area contributed by atoms with Crippen molar-refractivity contribution in [2.45, 2.75) is 13.5 Å². The molecule has 134 valence electrons. The average molecular weight is 406 g/mol. The maximum absolute atomic E-state index is 12.0. The van der Waals surface area contributed by atoms with E-state index in [4.69, 9.17) is 11.6 Å². The van der Waals surface area contributed by atoms with Crippen LogP contribution < -0.4 is 10.6 Å². The number of thiazole rings is 1. The average Bonchev–Trinajstić information content (AvgIpc) is 3.27. The Labute approximate surface area is 164 Å². The normalized spacial score (nSPS) is 10.5. The molecule has 2 aromatic heterocycles. The summed E-state index contributed by atoms with van der Waals surface area (Å²) in [7, 11) is 0. The Bertz CT molecular complexity index is 919. The standard InChI is InChI=1S/C18H16ClN3O2S2/c1-11-22-15(10-25-11)16-7-6-14(26-16)8-20-17(23)9-21-18(24)12-2-4-13(19)5-3-12/h2-7,10H,8-9H2,1H3,(H,20,23)(H,21,24). The molecule has 0 radical (unpaired) electrons. The van der Waals surface area contributed by atoms with Crippen molar-refractivity contribution in [1.29, 1.82) is 0 Å². The fourth-order valence-electron chi connectivity index (χ4n) is 2.20. The summed E-state index contributed by atoms with van der Waals surface area (Å²) in [5.74, 6) is -0.555. The third-order valence-electron chi connectivity index (χ3n) is 3.51. The predicted molar refractivity (Wildman–Crippen MR) is 106 cm³/mol. The summed E-state index contributed by atoms with van der Waals surface area (Å²) in [6.45, 7) is 2.32. The lowest BCUT2D eigenvalue weighted by Gasteiger charge is -2.06. The summed E-state index contributed by atoms with van der Waals surface area (Å²) in [4.78, 5) is 30.5. The number of amides is 2. The van der Waals surface area contributed by atoms with Gasteiger partial charge in [-0.05, 0) is 43.3 Å². The number of hydrogen-bond acceptors (Lipinski definition) is 5. The first-order valence-electron chi connectivity index (χ1n) is 7.83. The summed E-state index contributed by atoms with van der Waals surface area (Å²) in [6.07, 6.45) is 0. The number of carbonyl (C=O) groups excluding carboxylic acids is 2. The van der Waals surface area contributed by atoms with Gasteiger partial charge in [-0.25, -0.2) is 4.98 Å². The Morgan fingerprint density at radius 2 is 1.88 bits per heavy atom. The molecular weight excluding hydrogens is 390 g/mol. The summed E-state index contributed by atoms with van der Waals surface area (Å²) in [5.41, 5.74) is 1.42. The van der Waals surface area contributed by atoms with Gasteiger partial charge in [0.2, 0.25) is 5.91 Å². The second-order valence-corrected chi connectivity index (χ2v) is 8.15. The number of benzene rings is 1. The van der Waals surface area contributed by atoms with Gasteiger partial charge in [-0.3, -0.25) is 9.59 Å². The zero-order valence-electron chi connectivity index (χ0n) is 13.9. The minimum Gasteiger partial charge on any atom is -0.350 e. The number of rotatable bonds is 6. The number of hydrogen-bond donors (Lipinski definition) is 2. The third kappa shape index (κ3) is 4.91. The van der Waals surface area contributed by atoms with Gasteiger partial charge in [0.15, 0.2) is 0 Å². The largest absolute Gasteiger partial charge is 0.350 e. The van der Waals surface area contributed by atoms with Crippen LogP contribution in [0.2, 0.25) is 5.02 Å². The SMILES string of the molecule is Cc1nc(-c2ccc(CNC(=O)CNC(=O)c3ccc(Cl)cc3)s2)cs1. The van der Waals surface area contributed by atoms with E-state index in [1.165, 1.54) is 0 Å². The third-order valence-corrected chi connectivity index (χ3v) is 5.64. The molecule has 0 fully saturated rings. The molecule has 0 aliphatic carbocycles. The monoisotopic (exact) mass is 405 g/mol. The second kappa shape index (κ2) is 8.44. The van der Waals surface area contributed by atoms with Crippen molar-refractivity contribution in [1.82, 2.24) is 15.6 Å². The zero-order valence-corrected chi connectivity index (χ0v) is 16.3.